The Hall–Kier alpha value is -1.26. The molecule has 2 aliphatic heterocycles. The first-order chi connectivity index (χ1) is 9.83. The van der Waals surface area contributed by atoms with Crippen molar-refractivity contribution in [3.05, 3.63) is 40.8 Å². The number of hydrogen-bond acceptors (Lipinski definition) is 3. The second kappa shape index (κ2) is 4.93. The average Bonchev–Trinajstić information content (AvgIpc) is 3.15. The average molecular weight is 301 g/mol. The summed E-state index contributed by atoms with van der Waals surface area (Å²) in [5.74, 6) is 1.21. The van der Waals surface area contributed by atoms with Gasteiger partial charge in [0.1, 0.15) is 0 Å². The van der Waals surface area contributed by atoms with Gasteiger partial charge in [-0.05, 0) is 30.5 Å². The van der Waals surface area contributed by atoms with Crippen LogP contribution in [0.5, 0.6) is 0 Å². The van der Waals surface area contributed by atoms with E-state index >= 15 is 0 Å². The van der Waals surface area contributed by atoms with Crippen molar-refractivity contribution in [1.82, 2.24) is 4.90 Å². The van der Waals surface area contributed by atoms with E-state index in [9.17, 15) is 4.79 Å². The van der Waals surface area contributed by atoms with Crippen LogP contribution in [0.1, 0.15) is 28.1 Å². The van der Waals surface area contributed by atoms with E-state index in [1.807, 2.05) is 16.7 Å². The second-order valence-electron chi connectivity index (χ2n) is 5.25. The Morgan fingerprint density at radius 3 is 2.80 bits per heavy atom. The molecule has 0 saturated carbocycles. The minimum atomic E-state index is 0.226. The van der Waals surface area contributed by atoms with E-state index < -0.39 is 0 Å². The Kier molecular flexibility index (Phi) is 3.08. The predicted octanol–water partition coefficient (Wildman–Crippen LogP) is 4.26. The zero-order chi connectivity index (χ0) is 13.5. The lowest BCUT2D eigenvalue weighted by Gasteiger charge is -2.14. The Bertz CT molecular complexity index is 671. The van der Waals surface area contributed by atoms with Gasteiger partial charge in [0.25, 0.3) is 5.91 Å². The summed E-state index contributed by atoms with van der Waals surface area (Å²) in [4.78, 5) is 18.0. The summed E-state index contributed by atoms with van der Waals surface area (Å²) in [6, 6.07) is 10.6. The lowest BCUT2D eigenvalue weighted by atomic mass is 10.1. The minimum absolute atomic E-state index is 0.226. The van der Waals surface area contributed by atoms with Gasteiger partial charge >= 0.3 is 0 Å². The summed E-state index contributed by atoms with van der Waals surface area (Å²) < 4.78 is 0. The molecular weight excluding hydrogens is 286 g/mol. The molecule has 0 radical (unpaired) electrons. The third kappa shape index (κ3) is 1.98. The number of thioether (sulfide) groups is 1. The molecule has 0 N–H and O–H groups in total. The van der Waals surface area contributed by atoms with Gasteiger partial charge in [0.05, 0.1) is 4.88 Å². The monoisotopic (exact) mass is 301 g/mol. The zero-order valence-corrected chi connectivity index (χ0v) is 12.7. The van der Waals surface area contributed by atoms with Gasteiger partial charge in [-0.1, -0.05) is 18.2 Å². The van der Waals surface area contributed by atoms with E-state index in [4.69, 9.17) is 0 Å². The molecule has 0 unspecified atom stereocenters. The number of fused-ring (bicyclic) bond motifs is 3. The van der Waals surface area contributed by atoms with Crippen molar-refractivity contribution in [2.24, 2.45) is 0 Å². The largest absolute Gasteiger partial charge is 0.338 e. The summed E-state index contributed by atoms with van der Waals surface area (Å²) in [6.45, 7) is 1.85. The highest BCUT2D eigenvalue weighted by molar-refractivity contribution is 7.98. The van der Waals surface area contributed by atoms with Crippen LogP contribution in [0, 0.1) is 0 Å². The number of thiophene rings is 1. The number of carbonyl (C=O) groups excluding carboxylic acids is 1. The molecule has 102 valence electrons. The molecule has 20 heavy (non-hydrogen) atoms. The maximum atomic E-state index is 12.5. The van der Waals surface area contributed by atoms with Crippen LogP contribution in [0.3, 0.4) is 0 Å². The van der Waals surface area contributed by atoms with Crippen molar-refractivity contribution < 1.29 is 4.79 Å². The molecule has 1 amide bonds. The maximum absolute atomic E-state index is 12.5. The van der Waals surface area contributed by atoms with Crippen molar-refractivity contribution in [2.75, 3.05) is 13.1 Å². The third-order valence-corrected chi connectivity index (χ3v) is 6.25. The molecule has 1 fully saturated rings. The number of benzene rings is 1. The van der Waals surface area contributed by atoms with Crippen LogP contribution in [0.15, 0.2) is 35.2 Å². The molecule has 0 bridgehead atoms. The Morgan fingerprint density at radius 2 is 1.95 bits per heavy atom. The number of likely N-dealkylation sites (tertiary alicyclic amines) is 1. The summed E-state index contributed by atoms with van der Waals surface area (Å²) in [5, 5.41) is 0. The topological polar surface area (TPSA) is 20.3 Å². The van der Waals surface area contributed by atoms with Crippen LogP contribution < -0.4 is 0 Å². The molecule has 1 aromatic carbocycles. The van der Waals surface area contributed by atoms with Crippen LogP contribution in [0.2, 0.25) is 0 Å². The normalized spacial score (nSPS) is 16.9. The van der Waals surface area contributed by atoms with E-state index in [1.54, 1.807) is 11.3 Å². The number of hydrogen-bond donors (Lipinski definition) is 0. The highest BCUT2D eigenvalue weighted by Gasteiger charge is 2.25. The van der Waals surface area contributed by atoms with E-state index in [-0.39, 0.29) is 5.91 Å². The third-order valence-electron chi connectivity index (χ3n) is 3.93. The van der Waals surface area contributed by atoms with E-state index in [2.05, 4.69) is 30.3 Å². The summed E-state index contributed by atoms with van der Waals surface area (Å²) >= 11 is 3.54. The number of nitrogens with zero attached hydrogens (tertiary/aromatic N) is 1. The van der Waals surface area contributed by atoms with Crippen molar-refractivity contribution >= 4 is 29.0 Å². The van der Waals surface area contributed by atoms with E-state index in [1.165, 1.54) is 20.9 Å². The van der Waals surface area contributed by atoms with E-state index in [0.29, 0.717) is 0 Å². The molecular formula is C16H15NOS2. The zero-order valence-electron chi connectivity index (χ0n) is 11.1. The second-order valence-corrected chi connectivity index (χ2v) is 7.32. The Labute approximate surface area is 126 Å². The molecule has 2 nitrogen and oxygen atoms in total. The van der Waals surface area contributed by atoms with Crippen molar-refractivity contribution in [1.29, 1.82) is 0 Å². The van der Waals surface area contributed by atoms with Gasteiger partial charge in [-0.3, -0.25) is 4.79 Å². The predicted molar refractivity (Wildman–Crippen MR) is 84.5 cm³/mol. The lowest BCUT2D eigenvalue weighted by molar-refractivity contribution is 0.0797. The quantitative estimate of drug-likeness (QED) is 0.784. The van der Waals surface area contributed by atoms with Gasteiger partial charge in [-0.15, -0.1) is 23.1 Å². The van der Waals surface area contributed by atoms with Gasteiger partial charge < -0.3 is 4.90 Å². The Morgan fingerprint density at radius 1 is 1.15 bits per heavy atom. The fraction of sp³-hybridized carbons (Fsp3) is 0.312. The fourth-order valence-corrected chi connectivity index (χ4v) is 5.26. The molecule has 2 aliphatic rings. The fourth-order valence-electron chi connectivity index (χ4n) is 2.88. The highest BCUT2D eigenvalue weighted by atomic mass is 32.2. The SMILES string of the molecule is O=C(c1cc2c(s1)-c1ccccc1SC2)N1CCCC1. The van der Waals surface area contributed by atoms with Gasteiger partial charge in [0.2, 0.25) is 0 Å². The minimum Gasteiger partial charge on any atom is -0.338 e. The summed E-state index contributed by atoms with van der Waals surface area (Å²) in [5.41, 5.74) is 2.62. The van der Waals surface area contributed by atoms with Crippen LogP contribution in [0.25, 0.3) is 10.4 Å². The molecule has 1 aromatic heterocycles. The number of rotatable bonds is 1. The van der Waals surface area contributed by atoms with Gasteiger partial charge in [-0.2, -0.15) is 0 Å². The molecule has 4 rings (SSSR count). The molecule has 3 heterocycles. The highest BCUT2D eigenvalue weighted by Crippen LogP contribution is 2.45. The maximum Gasteiger partial charge on any atom is 0.263 e. The number of amides is 1. The number of carbonyl (C=O) groups is 1. The van der Waals surface area contributed by atoms with Crippen LogP contribution in [-0.2, 0) is 5.75 Å². The molecule has 0 aliphatic carbocycles. The van der Waals surface area contributed by atoms with E-state index in [0.717, 1.165) is 36.6 Å². The molecule has 1 saturated heterocycles. The smallest absolute Gasteiger partial charge is 0.263 e. The molecule has 0 spiro atoms. The first-order valence-corrected chi connectivity index (χ1v) is 8.77. The summed E-state index contributed by atoms with van der Waals surface area (Å²) in [6.07, 6.45) is 2.30. The molecule has 2 aromatic rings. The van der Waals surface area contributed by atoms with Crippen molar-refractivity contribution in [3.63, 3.8) is 0 Å². The first-order valence-electron chi connectivity index (χ1n) is 6.97. The van der Waals surface area contributed by atoms with Crippen LogP contribution in [-0.4, -0.2) is 23.9 Å². The standard InChI is InChI=1S/C16H15NOS2/c18-16(17-7-3-4-8-17)14-9-11-10-19-13-6-2-1-5-12(13)15(11)20-14/h1-2,5-6,9H,3-4,7-8,10H2. The summed E-state index contributed by atoms with van der Waals surface area (Å²) in [7, 11) is 0. The first kappa shape index (κ1) is 12.5. The van der Waals surface area contributed by atoms with Gasteiger partial charge in [0.15, 0.2) is 0 Å². The van der Waals surface area contributed by atoms with Crippen LogP contribution >= 0.6 is 23.1 Å². The molecule has 0 atom stereocenters. The van der Waals surface area contributed by atoms with Crippen molar-refractivity contribution in [2.45, 2.75) is 23.5 Å². The molecule has 4 heteroatoms. The van der Waals surface area contributed by atoms with Crippen molar-refractivity contribution in [3.8, 4) is 10.4 Å². The van der Waals surface area contributed by atoms with Gasteiger partial charge in [0, 0.05) is 34.2 Å². The lowest BCUT2D eigenvalue weighted by Crippen LogP contribution is -2.26. The van der Waals surface area contributed by atoms with Crippen LogP contribution in [0.4, 0.5) is 0 Å². The van der Waals surface area contributed by atoms with Gasteiger partial charge in [-0.25, -0.2) is 0 Å². The Balaban J connectivity index is 1.73.